The average Bonchev–Trinajstić information content (AvgIpc) is 2.72. The Kier molecular flexibility index (Phi) is 4.09. The summed E-state index contributed by atoms with van der Waals surface area (Å²) >= 11 is 0. The van der Waals surface area contributed by atoms with Crippen molar-refractivity contribution in [2.45, 2.75) is 25.9 Å². The highest BCUT2D eigenvalue weighted by Gasteiger charge is 2.30. The summed E-state index contributed by atoms with van der Waals surface area (Å²) in [5.74, 6) is 1.05. The highest BCUT2D eigenvalue weighted by molar-refractivity contribution is 5.44. The molecule has 18 heavy (non-hydrogen) atoms. The number of aromatic hydroxyl groups is 1. The van der Waals surface area contributed by atoms with Gasteiger partial charge >= 0.3 is 0 Å². The molecule has 1 N–H and O–H groups in total. The lowest BCUT2D eigenvalue weighted by atomic mass is 10.1. The van der Waals surface area contributed by atoms with Crippen LogP contribution in [-0.4, -0.2) is 42.9 Å². The molecule has 1 aromatic carbocycles. The maximum atomic E-state index is 9.46. The zero-order chi connectivity index (χ0) is 13.1. The monoisotopic (exact) mass is 251 g/mol. The van der Waals surface area contributed by atoms with Crippen LogP contribution in [0.5, 0.6) is 11.5 Å². The van der Waals surface area contributed by atoms with Crippen LogP contribution in [0.25, 0.3) is 0 Å². The molecule has 2 rings (SSSR count). The van der Waals surface area contributed by atoms with Crippen LogP contribution < -0.4 is 4.74 Å². The molecule has 100 valence electrons. The van der Waals surface area contributed by atoms with E-state index in [1.165, 1.54) is 0 Å². The van der Waals surface area contributed by atoms with E-state index in [1.54, 1.807) is 19.2 Å². The fraction of sp³-hybridized carbons (Fsp3) is 0.571. The van der Waals surface area contributed by atoms with Gasteiger partial charge in [-0.1, -0.05) is 0 Å². The van der Waals surface area contributed by atoms with Crippen molar-refractivity contribution < 1.29 is 14.6 Å². The lowest BCUT2D eigenvalue weighted by Crippen LogP contribution is -2.38. The minimum atomic E-state index is 0.246. The van der Waals surface area contributed by atoms with E-state index >= 15 is 0 Å². The first-order valence-electron chi connectivity index (χ1n) is 6.34. The third-order valence-electron chi connectivity index (χ3n) is 3.37. The minimum Gasteiger partial charge on any atom is -0.508 e. The van der Waals surface area contributed by atoms with Gasteiger partial charge in [-0.3, -0.25) is 4.90 Å². The largest absolute Gasteiger partial charge is 0.508 e. The predicted octanol–water partition coefficient (Wildman–Crippen LogP) is 2.18. The second-order valence-electron chi connectivity index (χ2n) is 4.87. The second kappa shape index (κ2) is 5.59. The number of nitrogens with zero attached hydrogens (tertiary/aromatic N) is 1. The summed E-state index contributed by atoms with van der Waals surface area (Å²) in [6.07, 6.45) is 0. The summed E-state index contributed by atoms with van der Waals surface area (Å²) < 4.78 is 10.8. The minimum absolute atomic E-state index is 0.246. The number of hydrogen-bond acceptors (Lipinski definition) is 4. The number of rotatable bonds is 5. The first-order valence-corrected chi connectivity index (χ1v) is 6.34. The third kappa shape index (κ3) is 2.60. The quantitative estimate of drug-likeness (QED) is 0.871. The number of phenols is 1. The van der Waals surface area contributed by atoms with E-state index in [4.69, 9.17) is 9.47 Å². The summed E-state index contributed by atoms with van der Waals surface area (Å²) in [7, 11) is 1.72. The molecule has 1 atom stereocenters. The Morgan fingerprint density at radius 3 is 2.94 bits per heavy atom. The molecule has 0 aliphatic carbocycles. The van der Waals surface area contributed by atoms with Crippen molar-refractivity contribution in [3.8, 4) is 11.5 Å². The van der Waals surface area contributed by atoms with Gasteiger partial charge in [0, 0.05) is 31.3 Å². The van der Waals surface area contributed by atoms with Crippen molar-refractivity contribution in [1.29, 1.82) is 0 Å². The maximum absolute atomic E-state index is 9.46. The molecule has 0 radical (unpaired) electrons. The zero-order valence-electron chi connectivity index (χ0n) is 11.2. The molecule has 0 amide bonds. The summed E-state index contributed by atoms with van der Waals surface area (Å²) in [6, 6.07) is 6.02. The van der Waals surface area contributed by atoms with Crippen molar-refractivity contribution in [2.24, 2.45) is 0 Å². The summed E-state index contributed by atoms with van der Waals surface area (Å²) in [6.45, 7) is 6.58. The Morgan fingerprint density at radius 1 is 1.50 bits per heavy atom. The summed E-state index contributed by atoms with van der Waals surface area (Å²) in [5, 5.41) is 9.46. The van der Waals surface area contributed by atoms with E-state index in [9.17, 15) is 5.11 Å². The Balaban J connectivity index is 2.19. The number of ether oxygens (including phenoxy) is 2. The van der Waals surface area contributed by atoms with Crippen LogP contribution >= 0.6 is 0 Å². The van der Waals surface area contributed by atoms with Gasteiger partial charge in [-0.05, 0) is 26.0 Å². The van der Waals surface area contributed by atoms with Gasteiger partial charge in [-0.15, -0.1) is 0 Å². The molecule has 4 heteroatoms. The van der Waals surface area contributed by atoms with Gasteiger partial charge in [0.05, 0.1) is 12.6 Å². The normalized spacial score (nSPS) is 18.2. The van der Waals surface area contributed by atoms with Crippen molar-refractivity contribution in [2.75, 3.05) is 26.9 Å². The van der Waals surface area contributed by atoms with E-state index in [1.807, 2.05) is 6.07 Å². The number of benzene rings is 1. The summed E-state index contributed by atoms with van der Waals surface area (Å²) in [5.41, 5.74) is 1.15. The molecule has 0 aromatic heterocycles. The van der Waals surface area contributed by atoms with Crippen LogP contribution in [0.4, 0.5) is 0 Å². The molecule has 0 spiro atoms. The standard InChI is InChI=1S/C14H21NO3/c1-10(2)15(6-7-17-3)13-9-18-14-8-11(16)4-5-12(13)14/h4-5,8,10,13,16H,6-7,9H2,1-3H3. The molecule has 1 aliphatic heterocycles. The Hall–Kier alpha value is -1.26. The second-order valence-corrected chi connectivity index (χ2v) is 4.87. The van der Waals surface area contributed by atoms with Crippen molar-refractivity contribution in [1.82, 2.24) is 4.90 Å². The van der Waals surface area contributed by atoms with Crippen LogP contribution in [0.3, 0.4) is 0 Å². The summed E-state index contributed by atoms with van der Waals surface area (Å²) in [4.78, 5) is 2.37. The Morgan fingerprint density at radius 2 is 2.28 bits per heavy atom. The van der Waals surface area contributed by atoms with Crippen LogP contribution in [0.15, 0.2) is 18.2 Å². The van der Waals surface area contributed by atoms with Crippen LogP contribution in [0, 0.1) is 0 Å². The molecule has 0 fully saturated rings. The molecule has 4 nitrogen and oxygen atoms in total. The molecule has 0 bridgehead atoms. The lowest BCUT2D eigenvalue weighted by Gasteiger charge is -2.31. The molecular formula is C14H21NO3. The lowest BCUT2D eigenvalue weighted by molar-refractivity contribution is 0.0844. The molecule has 1 aromatic rings. The third-order valence-corrected chi connectivity index (χ3v) is 3.37. The smallest absolute Gasteiger partial charge is 0.127 e. The van der Waals surface area contributed by atoms with E-state index in [0.29, 0.717) is 19.3 Å². The molecular weight excluding hydrogens is 230 g/mol. The molecule has 0 saturated carbocycles. The number of methoxy groups -OCH3 is 1. The molecule has 1 heterocycles. The molecule has 1 aliphatic rings. The van der Waals surface area contributed by atoms with Gasteiger partial charge in [-0.2, -0.15) is 0 Å². The first-order chi connectivity index (χ1) is 8.63. The van der Waals surface area contributed by atoms with E-state index < -0.39 is 0 Å². The fourth-order valence-electron chi connectivity index (χ4n) is 2.43. The van der Waals surface area contributed by atoms with Gasteiger partial charge in [0.1, 0.15) is 18.1 Å². The average molecular weight is 251 g/mol. The van der Waals surface area contributed by atoms with Crippen LogP contribution in [0.1, 0.15) is 25.5 Å². The van der Waals surface area contributed by atoms with E-state index in [0.717, 1.165) is 17.9 Å². The van der Waals surface area contributed by atoms with Crippen LogP contribution in [0.2, 0.25) is 0 Å². The first kappa shape index (κ1) is 13.2. The van der Waals surface area contributed by atoms with E-state index in [2.05, 4.69) is 18.7 Å². The molecule has 1 unspecified atom stereocenters. The van der Waals surface area contributed by atoms with Gasteiger partial charge in [0.25, 0.3) is 0 Å². The predicted molar refractivity (Wildman–Crippen MR) is 70.1 cm³/mol. The topological polar surface area (TPSA) is 41.9 Å². The Bertz CT molecular complexity index is 406. The van der Waals surface area contributed by atoms with Gasteiger partial charge in [0.15, 0.2) is 0 Å². The number of phenolic OH excluding ortho intramolecular Hbond substituents is 1. The van der Waals surface area contributed by atoms with E-state index in [-0.39, 0.29) is 11.8 Å². The highest BCUT2D eigenvalue weighted by Crippen LogP contribution is 2.38. The fourth-order valence-corrected chi connectivity index (χ4v) is 2.43. The highest BCUT2D eigenvalue weighted by atomic mass is 16.5. The van der Waals surface area contributed by atoms with Gasteiger partial charge in [-0.25, -0.2) is 0 Å². The molecule has 0 saturated heterocycles. The van der Waals surface area contributed by atoms with Crippen molar-refractivity contribution >= 4 is 0 Å². The van der Waals surface area contributed by atoms with Crippen LogP contribution in [-0.2, 0) is 4.74 Å². The van der Waals surface area contributed by atoms with Gasteiger partial charge in [0.2, 0.25) is 0 Å². The Labute approximate surface area is 108 Å². The van der Waals surface area contributed by atoms with Crippen molar-refractivity contribution in [3.05, 3.63) is 23.8 Å². The van der Waals surface area contributed by atoms with Gasteiger partial charge < -0.3 is 14.6 Å². The number of fused-ring (bicyclic) bond motifs is 1. The SMILES string of the molecule is COCCN(C(C)C)C1COc2cc(O)ccc21. The zero-order valence-corrected chi connectivity index (χ0v) is 11.2. The maximum Gasteiger partial charge on any atom is 0.127 e. The number of hydrogen-bond donors (Lipinski definition) is 1. The van der Waals surface area contributed by atoms with Crippen molar-refractivity contribution in [3.63, 3.8) is 0 Å².